The summed E-state index contributed by atoms with van der Waals surface area (Å²) >= 11 is 0. The summed E-state index contributed by atoms with van der Waals surface area (Å²) in [7, 11) is 0. The van der Waals surface area contributed by atoms with Crippen molar-refractivity contribution in [2.45, 2.75) is 44.8 Å². The van der Waals surface area contributed by atoms with Crippen LogP contribution in [0.25, 0.3) is 11.4 Å². The van der Waals surface area contributed by atoms with Crippen LogP contribution in [0.2, 0.25) is 0 Å². The largest absolute Gasteiger partial charge is 0.486 e. The molecule has 0 bridgehead atoms. The van der Waals surface area contributed by atoms with E-state index in [1.165, 1.54) is 29.3 Å². The number of aliphatic hydroxyl groups is 1. The molecule has 0 spiro atoms. The Bertz CT molecular complexity index is 1360. The summed E-state index contributed by atoms with van der Waals surface area (Å²) in [6.45, 7) is 3.13. The van der Waals surface area contributed by atoms with E-state index in [4.69, 9.17) is 4.74 Å². The highest BCUT2D eigenvalue weighted by molar-refractivity contribution is 5.80. The van der Waals surface area contributed by atoms with E-state index >= 15 is 0 Å². The van der Waals surface area contributed by atoms with Gasteiger partial charge in [0.25, 0.3) is 5.91 Å². The van der Waals surface area contributed by atoms with Gasteiger partial charge in [-0.05, 0) is 48.4 Å². The highest BCUT2D eigenvalue weighted by Crippen LogP contribution is 2.29. The van der Waals surface area contributed by atoms with Crippen LogP contribution in [0.3, 0.4) is 0 Å². The fourth-order valence-electron chi connectivity index (χ4n) is 4.50. The standard InChI is InChI=1S/C26H26FN7O3/c1-15(35)25(36)34-7-6-23(21(27)13-34)37-22-5-3-16(8-18(22)10-28)24-30-14-31-26(33-24)32-20-4-2-17-11-29-12-19(17)9-20/h2-5,8-9,14-15,21,23,29,35H,6-7,11-13H2,1H3,(H,30,31,32,33)/t15?,21-,23+/m1/s1. The Kier molecular flexibility index (Phi) is 6.94. The molecule has 190 valence electrons. The molecule has 2 aliphatic rings. The van der Waals surface area contributed by atoms with E-state index in [-0.39, 0.29) is 30.8 Å². The van der Waals surface area contributed by atoms with Crippen molar-refractivity contribution in [3.63, 3.8) is 0 Å². The summed E-state index contributed by atoms with van der Waals surface area (Å²) in [4.78, 5) is 26.2. The maximum absolute atomic E-state index is 14.8. The molecule has 0 aliphatic carbocycles. The zero-order valence-electron chi connectivity index (χ0n) is 20.2. The predicted molar refractivity (Wildman–Crippen MR) is 132 cm³/mol. The van der Waals surface area contributed by atoms with Gasteiger partial charge in [-0.15, -0.1) is 0 Å². The first kappa shape index (κ1) is 24.5. The second-order valence-electron chi connectivity index (χ2n) is 9.09. The molecule has 3 heterocycles. The molecule has 11 heteroatoms. The van der Waals surface area contributed by atoms with Crippen LogP contribution in [0.1, 0.15) is 30.0 Å². The van der Waals surface area contributed by atoms with Crippen LogP contribution in [0.5, 0.6) is 5.75 Å². The monoisotopic (exact) mass is 503 g/mol. The summed E-state index contributed by atoms with van der Waals surface area (Å²) < 4.78 is 20.6. The number of hydrogen-bond donors (Lipinski definition) is 3. The number of hydrogen-bond acceptors (Lipinski definition) is 9. The SMILES string of the molecule is CC(O)C(=O)N1CC[C@H](Oc2ccc(-c3ncnc(Nc4ccc5c(c4)CNC5)n3)cc2C#N)[C@H](F)C1. The number of carbonyl (C=O) groups excluding carboxylic acids is 1. The summed E-state index contributed by atoms with van der Waals surface area (Å²) in [5.74, 6) is 0.473. The van der Waals surface area contributed by atoms with Gasteiger partial charge in [-0.1, -0.05) is 6.07 Å². The highest BCUT2D eigenvalue weighted by Gasteiger charge is 2.34. The number of likely N-dealkylation sites (tertiary alicyclic amines) is 1. The third kappa shape index (κ3) is 5.35. The average molecular weight is 504 g/mol. The Morgan fingerprint density at radius 3 is 2.89 bits per heavy atom. The number of ether oxygens (including phenoxy) is 1. The van der Waals surface area contributed by atoms with Crippen LogP contribution in [-0.4, -0.2) is 62.3 Å². The number of nitriles is 1. The van der Waals surface area contributed by atoms with Gasteiger partial charge in [0.15, 0.2) is 12.0 Å². The lowest BCUT2D eigenvalue weighted by Crippen LogP contribution is -2.51. The van der Waals surface area contributed by atoms with Gasteiger partial charge in [-0.3, -0.25) is 4.79 Å². The number of nitrogens with zero attached hydrogens (tertiary/aromatic N) is 5. The topological polar surface area (TPSA) is 136 Å². The molecular formula is C26H26FN7O3. The Labute approximate surface area is 213 Å². The second kappa shape index (κ2) is 10.5. The molecule has 3 N–H and O–H groups in total. The molecule has 0 radical (unpaired) electrons. The smallest absolute Gasteiger partial charge is 0.251 e. The number of anilines is 2. The lowest BCUT2D eigenvalue weighted by molar-refractivity contribution is -0.143. The minimum Gasteiger partial charge on any atom is -0.486 e. The Morgan fingerprint density at radius 2 is 2.11 bits per heavy atom. The Morgan fingerprint density at radius 1 is 1.27 bits per heavy atom. The van der Waals surface area contributed by atoms with Crippen LogP contribution < -0.4 is 15.4 Å². The van der Waals surface area contributed by atoms with Crippen molar-refractivity contribution in [2.75, 3.05) is 18.4 Å². The number of alkyl halides is 1. The first-order valence-corrected chi connectivity index (χ1v) is 12.0. The van der Waals surface area contributed by atoms with E-state index in [2.05, 4.69) is 43.8 Å². The molecule has 1 aromatic heterocycles. The van der Waals surface area contributed by atoms with Crippen LogP contribution >= 0.6 is 0 Å². The summed E-state index contributed by atoms with van der Waals surface area (Å²) in [5.41, 5.74) is 4.16. The van der Waals surface area contributed by atoms with Crippen molar-refractivity contribution < 1.29 is 19.0 Å². The first-order valence-electron chi connectivity index (χ1n) is 12.0. The molecule has 2 aliphatic heterocycles. The van der Waals surface area contributed by atoms with E-state index in [0.29, 0.717) is 17.3 Å². The van der Waals surface area contributed by atoms with Gasteiger partial charge in [-0.2, -0.15) is 10.2 Å². The van der Waals surface area contributed by atoms with Gasteiger partial charge in [0.05, 0.1) is 12.1 Å². The van der Waals surface area contributed by atoms with Gasteiger partial charge in [0.2, 0.25) is 5.95 Å². The van der Waals surface area contributed by atoms with Crippen LogP contribution in [0.4, 0.5) is 16.0 Å². The van der Waals surface area contributed by atoms with Crippen LogP contribution in [0.15, 0.2) is 42.7 Å². The first-order chi connectivity index (χ1) is 17.9. The van der Waals surface area contributed by atoms with Gasteiger partial charge in [-0.25, -0.2) is 14.4 Å². The summed E-state index contributed by atoms with van der Waals surface area (Å²) in [6, 6.07) is 13.1. The molecule has 37 heavy (non-hydrogen) atoms. The molecule has 1 amide bonds. The molecule has 1 fully saturated rings. The van der Waals surface area contributed by atoms with Crippen molar-refractivity contribution in [3.8, 4) is 23.2 Å². The molecule has 2 aromatic carbocycles. The molecule has 5 rings (SSSR count). The molecule has 3 atom stereocenters. The number of fused-ring (bicyclic) bond motifs is 1. The maximum Gasteiger partial charge on any atom is 0.251 e. The van der Waals surface area contributed by atoms with Crippen molar-refractivity contribution in [1.82, 2.24) is 25.2 Å². The van der Waals surface area contributed by atoms with Gasteiger partial charge in [0.1, 0.15) is 30.4 Å². The minimum atomic E-state index is -1.45. The van der Waals surface area contributed by atoms with Gasteiger partial charge < -0.3 is 25.4 Å². The number of carbonyl (C=O) groups is 1. The van der Waals surface area contributed by atoms with E-state index in [9.17, 15) is 19.6 Å². The quantitative estimate of drug-likeness (QED) is 0.463. The van der Waals surface area contributed by atoms with Crippen molar-refractivity contribution in [2.24, 2.45) is 0 Å². The molecule has 3 aromatic rings. The third-order valence-electron chi connectivity index (χ3n) is 6.45. The van der Waals surface area contributed by atoms with E-state index in [0.717, 1.165) is 18.8 Å². The number of aromatic nitrogens is 3. The molecule has 1 unspecified atom stereocenters. The second-order valence-corrected chi connectivity index (χ2v) is 9.09. The number of aliphatic hydroxyl groups excluding tert-OH is 1. The number of benzene rings is 2. The van der Waals surface area contributed by atoms with E-state index in [1.807, 2.05) is 6.07 Å². The lowest BCUT2D eigenvalue weighted by Gasteiger charge is -2.35. The van der Waals surface area contributed by atoms with E-state index < -0.39 is 24.3 Å². The van der Waals surface area contributed by atoms with Crippen LogP contribution in [0, 0.1) is 11.3 Å². The zero-order valence-corrected chi connectivity index (χ0v) is 20.2. The van der Waals surface area contributed by atoms with Gasteiger partial charge >= 0.3 is 0 Å². The minimum absolute atomic E-state index is 0.171. The Balaban J connectivity index is 1.29. The summed E-state index contributed by atoms with van der Waals surface area (Å²) in [6.07, 6.45) is -1.81. The van der Waals surface area contributed by atoms with Crippen LogP contribution in [-0.2, 0) is 17.9 Å². The van der Waals surface area contributed by atoms with Gasteiger partial charge in [0, 0.05) is 37.3 Å². The highest BCUT2D eigenvalue weighted by atomic mass is 19.1. The zero-order chi connectivity index (χ0) is 25.9. The number of halogens is 1. The molecular weight excluding hydrogens is 477 g/mol. The number of piperidine rings is 1. The van der Waals surface area contributed by atoms with E-state index in [1.54, 1.807) is 18.2 Å². The normalized spacial score (nSPS) is 19.6. The predicted octanol–water partition coefficient (Wildman–Crippen LogP) is 2.46. The molecule has 0 saturated carbocycles. The maximum atomic E-state index is 14.8. The summed E-state index contributed by atoms with van der Waals surface area (Å²) in [5, 5.41) is 25.7. The fraction of sp³-hybridized carbons (Fsp3) is 0.346. The number of amides is 1. The van der Waals surface area contributed by atoms with Crippen molar-refractivity contribution >= 4 is 17.5 Å². The van der Waals surface area contributed by atoms with Crippen molar-refractivity contribution in [1.29, 1.82) is 5.26 Å². The lowest BCUT2D eigenvalue weighted by atomic mass is 10.0. The van der Waals surface area contributed by atoms with Crippen molar-refractivity contribution in [3.05, 3.63) is 59.4 Å². The molecule has 1 saturated heterocycles. The third-order valence-corrected chi connectivity index (χ3v) is 6.45. The number of rotatable bonds is 6. The average Bonchev–Trinajstić information content (AvgIpc) is 3.37. The number of nitrogens with one attached hydrogen (secondary N) is 2. The fourth-order valence-corrected chi connectivity index (χ4v) is 4.50. The Hall–Kier alpha value is -4.14. The molecule has 10 nitrogen and oxygen atoms in total.